The Morgan fingerprint density at radius 1 is 1.26 bits per heavy atom. The van der Waals surface area contributed by atoms with Crippen molar-refractivity contribution >= 4 is 0 Å². The van der Waals surface area contributed by atoms with Crippen molar-refractivity contribution in [1.82, 2.24) is 4.90 Å². The van der Waals surface area contributed by atoms with E-state index in [1.165, 1.54) is 43.4 Å². The van der Waals surface area contributed by atoms with E-state index in [1.54, 1.807) is 0 Å². The van der Waals surface area contributed by atoms with E-state index in [1.807, 2.05) is 0 Å². The summed E-state index contributed by atoms with van der Waals surface area (Å²) in [6.07, 6.45) is 6.40. The first kappa shape index (κ1) is 13.1. The van der Waals surface area contributed by atoms with Crippen molar-refractivity contribution in [2.45, 2.75) is 44.6 Å². The molecular weight excluding hydrogens is 232 g/mol. The van der Waals surface area contributed by atoms with Gasteiger partial charge in [-0.2, -0.15) is 0 Å². The molecule has 1 fully saturated rings. The van der Waals surface area contributed by atoms with Crippen molar-refractivity contribution in [2.75, 3.05) is 19.6 Å². The van der Waals surface area contributed by atoms with Crippen LogP contribution in [0.25, 0.3) is 0 Å². The van der Waals surface area contributed by atoms with Crippen LogP contribution in [0.15, 0.2) is 24.3 Å². The van der Waals surface area contributed by atoms with Gasteiger partial charge in [-0.15, -0.1) is 0 Å². The van der Waals surface area contributed by atoms with Gasteiger partial charge in [-0.05, 0) is 55.7 Å². The molecule has 2 heteroatoms. The molecule has 0 heterocycles. The van der Waals surface area contributed by atoms with Gasteiger partial charge in [0.1, 0.15) is 0 Å². The highest BCUT2D eigenvalue weighted by atomic mass is 15.2. The summed E-state index contributed by atoms with van der Waals surface area (Å²) in [7, 11) is 0. The molecule has 2 aliphatic carbocycles. The zero-order valence-electron chi connectivity index (χ0n) is 12.1. The Kier molecular flexibility index (Phi) is 3.64. The van der Waals surface area contributed by atoms with E-state index in [4.69, 9.17) is 5.73 Å². The molecule has 19 heavy (non-hydrogen) atoms. The molecule has 2 aliphatic rings. The van der Waals surface area contributed by atoms with Gasteiger partial charge in [0, 0.05) is 18.6 Å². The summed E-state index contributed by atoms with van der Waals surface area (Å²) in [6, 6.07) is 8.91. The molecule has 1 saturated carbocycles. The maximum atomic E-state index is 6.23. The molecule has 0 aliphatic heterocycles. The van der Waals surface area contributed by atoms with Gasteiger partial charge < -0.3 is 5.73 Å². The van der Waals surface area contributed by atoms with Crippen molar-refractivity contribution in [2.24, 2.45) is 11.7 Å². The van der Waals surface area contributed by atoms with Gasteiger partial charge in [-0.25, -0.2) is 0 Å². The van der Waals surface area contributed by atoms with Gasteiger partial charge in [0.15, 0.2) is 0 Å². The second-order valence-electron chi connectivity index (χ2n) is 6.36. The minimum Gasteiger partial charge on any atom is -0.329 e. The van der Waals surface area contributed by atoms with Crippen LogP contribution in [-0.4, -0.2) is 30.1 Å². The molecule has 104 valence electrons. The third kappa shape index (κ3) is 2.56. The van der Waals surface area contributed by atoms with Crippen LogP contribution < -0.4 is 5.73 Å². The van der Waals surface area contributed by atoms with Crippen LogP contribution in [0.4, 0.5) is 0 Å². The highest BCUT2D eigenvalue weighted by Crippen LogP contribution is 2.37. The molecule has 0 bridgehead atoms. The highest BCUT2D eigenvalue weighted by molar-refractivity contribution is 5.32. The predicted molar refractivity (Wildman–Crippen MR) is 80.2 cm³/mol. The van der Waals surface area contributed by atoms with E-state index in [9.17, 15) is 0 Å². The van der Waals surface area contributed by atoms with Crippen LogP contribution in [0, 0.1) is 5.92 Å². The van der Waals surface area contributed by atoms with E-state index in [-0.39, 0.29) is 5.54 Å². The number of fused-ring (bicyclic) bond motifs is 1. The molecule has 0 spiro atoms. The third-order valence-corrected chi connectivity index (χ3v) is 5.11. The second-order valence-corrected chi connectivity index (χ2v) is 6.36. The Balaban J connectivity index is 1.83. The Morgan fingerprint density at radius 2 is 2.00 bits per heavy atom. The Labute approximate surface area is 117 Å². The topological polar surface area (TPSA) is 29.3 Å². The summed E-state index contributed by atoms with van der Waals surface area (Å²) in [6.45, 7) is 5.48. The maximum Gasteiger partial charge on any atom is 0.0375 e. The fraction of sp³-hybridized carbons (Fsp3) is 0.647. The Morgan fingerprint density at radius 3 is 2.63 bits per heavy atom. The number of likely N-dealkylation sites (N-methyl/N-ethyl adjacent to an activating group) is 1. The van der Waals surface area contributed by atoms with E-state index in [0.717, 1.165) is 25.4 Å². The molecule has 3 rings (SSSR count). The minimum atomic E-state index is 0.214. The number of hydrogen-bond acceptors (Lipinski definition) is 2. The van der Waals surface area contributed by atoms with Crippen molar-refractivity contribution in [3.05, 3.63) is 35.4 Å². The molecule has 0 amide bonds. The monoisotopic (exact) mass is 258 g/mol. The van der Waals surface area contributed by atoms with Crippen LogP contribution in [0.3, 0.4) is 0 Å². The van der Waals surface area contributed by atoms with Crippen LogP contribution >= 0.6 is 0 Å². The van der Waals surface area contributed by atoms with Gasteiger partial charge >= 0.3 is 0 Å². The lowest BCUT2D eigenvalue weighted by Gasteiger charge is -2.46. The van der Waals surface area contributed by atoms with Gasteiger partial charge in [-0.1, -0.05) is 31.2 Å². The summed E-state index contributed by atoms with van der Waals surface area (Å²) in [4.78, 5) is 2.68. The fourth-order valence-corrected chi connectivity index (χ4v) is 3.63. The Hall–Kier alpha value is -0.860. The van der Waals surface area contributed by atoms with E-state index in [2.05, 4.69) is 36.1 Å². The number of aryl methyl sites for hydroxylation is 1. The normalized spacial score (nSPS) is 26.5. The molecule has 1 aromatic carbocycles. The first-order chi connectivity index (χ1) is 9.27. The van der Waals surface area contributed by atoms with Gasteiger partial charge in [0.25, 0.3) is 0 Å². The quantitative estimate of drug-likeness (QED) is 0.879. The summed E-state index contributed by atoms with van der Waals surface area (Å²) < 4.78 is 0. The van der Waals surface area contributed by atoms with E-state index >= 15 is 0 Å². The number of nitrogens with two attached hydrogens (primary N) is 1. The van der Waals surface area contributed by atoms with Gasteiger partial charge in [0.05, 0.1) is 0 Å². The molecule has 0 saturated heterocycles. The number of nitrogens with zero attached hydrogens (tertiary/aromatic N) is 1. The van der Waals surface area contributed by atoms with Crippen LogP contribution in [0.2, 0.25) is 0 Å². The first-order valence-electron chi connectivity index (χ1n) is 7.79. The molecule has 1 unspecified atom stereocenters. The first-order valence-corrected chi connectivity index (χ1v) is 7.79. The molecular formula is C17H26N2. The molecule has 0 radical (unpaired) electrons. The SMILES string of the molecule is CCN(CC1CC1)C1(CN)CCc2ccccc2C1. The molecule has 1 aromatic rings. The lowest BCUT2D eigenvalue weighted by atomic mass is 9.76. The second kappa shape index (κ2) is 5.26. The lowest BCUT2D eigenvalue weighted by molar-refractivity contribution is 0.0797. The van der Waals surface area contributed by atoms with Crippen LogP contribution in [-0.2, 0) is 12.8 Å². The largest absolute Gasteiger partial charge is 0.329 e. The summed E-state index contributed by atoms with van der Waals surface area (Å²) >= 11 is 0. The average Bonchev–Trinajstić information content (AvgIpc) is 3.28. The molecule has 2 N–H and O–H groups in total. The molecule has 0 aromatic heterocycles. The maximum absolute atomic E-state index is 6.23. The molecule has 2 nitrogen and oxygen atoms in total. The van der Waals surface area contributed by atoms with Gasteiger partial charge in [0.2, 0.25) is 0 Å². The van der Waals surface area contributed by atoms with E-state index < -0.39 is 0 Å². The van der Waals surface area contributed by atoms with Gasteiger partial charge in [-0.3, -0.25) is 4.90 Å². The average molecular weight is 258 g/mol. The van der Waals surface area contributed by atoms with E-state index in [0.29, 0.717) is 0 Å². The van der Waals surface area contributed by atoms with Crippen molar-refractivity contribution < 1.29 is 0 Å². The zero-order chi connectivity index (χ0) is 13.3. The standard InChI is InChI=1S/C17H26N2/c1-2-19(12-14-7-8-14)17(13-18)10-9-15-5-3-4-6-16(15)11-17/h3-6,14H,2,7-13,18H2,1H3. The number of rotatable bonds is 5. The predicted octanol–water partition coefficient (Wildman–Crippen LogP) is 2.60. The Bertz CT molecular complexity index is 439. The van der Waals surface area contributed by atoms with Crippen molar-refractivity contribution in [3.63, 3.8) is 0 Å². The zero-order valence-corrected chi connectivity index (χ0v) is 12.1. The fourth-order valence-electron chi connectivity index (χ4n) is 3.63. The highest BCUT2D eigenvalue weighted by Gasteiger charge is 2.39. The summed E-state index contributed by atoms with van der Waals surface area (Å²) in [5.41, 5.74) is 9.50. The number of hydrogen-bond donors (Lipinski definition) is 1. The van der Waals surface area contributed by atoms with Crippen LogP contribution in [0.1, 0.15) is 37.3 Å². The van der Waals surface area contributed by atoms with Crippen molar-refractivity contribution in [1.29, 1.82) is 0 Å². The van der Waals surface area contributed by atoms with Crippen LogP contribution in [0.5, 0.6) is 0 Å². The smallest absolute Gasteiger partial charge is 0.0375 e. The third-order valence-electron chi connectivity index (χ3n) is 5.11. The summed E-state index contributed by atoms with van der Waals surface area (Å²) in [5, 5.41) is 0. The minimum absolute atomic E-state index is 0.214. The summed E-state index contributed by atoms with van der Waals surface area (Å²) in [5.74, 6) is 0.945. The molecule has 1 atom stereocenters. The lowest BCUT2D eigenvalue weighted by Crippen LogP contribution is -2.57. The number of benzene rings is 1. The van der Waals surface area contributed by atoms with Crippen molar-refractivity contribution in [3.8, 4) is 0 Å².